The van der Waals surface area contributed by atoms with Crippen LogP contribution in [0.1, 0.15) is 16.1 Å². The Morgan fingerprint density at radius 2 is 1.80 bits per heavy atom. The summed E-state index contributed by atoms with van der Waals surface area (Å²) in [6.45, 7) is 1.86. The van der Waals surface area contributed by atoms with Gasteiger partial charge in [-0.2, -0.15) is 5.10 Å². The van der Waals surface area contributed by atoms with E-state index in [-0.39, 0.29) is 11.9 Å². The van der Waals surface area contributed by atoms with Gasteiger partial charge in [-0.1, -0.05) is 5.10 Å². The average molecular weight is 343 g/mol. The highest BCUT2D eigenvalue weighted by molar-refractivity contribution is 6.03. The lowest BCUT2D eigenvalue weighted by Crippen LogP contribution is -2.12. The van der Waals surface area contributed by atoms with E-state index in [1.54, 1.807) is 29.9 Å². The molecule has 0 spiro atoms. The zero-order valence-electron chi connectivity index (χ0n) is 14.2. The van der Waals surface area contributed by atoms with Gasteiger partial charge in [-0.25, -0.2) is 0 Å². The van der Waals surface area contributed by atoms with Gasteiger partial charge >= 0.3 is 6.01 Å². The van der Waals surface area contributed by atoms with Crippen molar-refractivity contribution in [1.82, 2.24) is 20.0 Å². The number of rotatable bonds is 5. The van der Waals surface area contributed by atoms with Crippen LogP contribution < -0.4 is 14.8 Å². The van der Waals surface area contributed by atoms with Crippen molar-refractivity contribution < 1.29 is 18.7 Å². The van der Waals surface area contributed by atoms with Crippen LogP contribution in [0.5, 0.6) is 11.5 Å². The van der Waals surface area contributed by atoms with E-state index in [1.165, 1.54) is 14.2 Å². The van der Waals surface area contributed by atoms with Crippen molar-refractivity contribution in [3.63, 3.8) is 0 Å². The van der Waals surface area contributed by atoms with Crippen LogP contribution in [0.15, 0.2) is 28.7 Å². The highest BCUT2D eigenvalue weighted by Crippen LogP contribution is 2.24. The van der Waals surface area contributed by atoms with Crippen molar-refractivity contribution in [2.45, 2.75) is 6.92 Å². The minimum Gasteiger partial charge on any atom is -0.497 e. The fourth-order valence-electron chi connectivity index (χ4n) is 2.30. The van der Waals surface area contributed by atoms with E-state index in [1.807, 2.05) is 13.0 Å². The fourth-order valence-corrected chi connectivity index (χ4v) is 2.30. The summed E-state index contributed by atoms with van der Waals surface area (Å²) < 4.78 is 17.4. The number of aryl methyl sites for hydroxylation is 2. The molecule has 0 radical (unpaired) electrons. The zero-order chi connectivity index (χ0) is 18.0. The first-order valence-corrected chi connectivity index (χ1v) is 7.39. The number of carbonyl (C=O) groups excluding carboxylic acids is 1. The molecule has 0 aliphatic heterocycles. The Hall–Kier alpha value is -3.36. The van der Waals surface area contributed by atoms with Crippen LogP contribution in [0.4, 0.5) is 6.01 Å². The van der Waals surface area contributed by atoms with Crippen LogP contribution in [-0.4, -0.2) is 40.1 Å². The standard InChI is InChI=1S/C16H17N5O4/c1-9-5-13(21(2)20-9)15-18-19-16(25-15)17-14(22)10-6-11(23-3)8-12(7-10)24-4/h5-8H,1-4H3,(H,17,19,22). The second-order valence-electron chi connectivity index (χ2n) is 5.26. The average Bonchev–Trinajstić information content (AvgIpc) is 3.19. The first-order chi connectivity index (χ1) is 12.0. The normalized spacial score (nSPS) is 10.6. The summed E-state index contributed by atoms with van der Waals surface area (Å²) in [5.74, 6) is 0.845. The molecule has 9 heteroatoms. The number of nitrogens with zero attached hydrogens (tertiary/aromatic N) is 4. The molecule has 0 fully saturated rings. The molecule has 9 nitrogen and oxygen atoms in total. The summed E-state index contributed by atoms with van der Waals surface area (Å²) in [4.78, 5) is 12.4. The van der Waals surface area contributed by atoms with Crippen molar-refractivity contribution >= 4 is 11.9 Å². The van der Waals surface area contributed by atoms with Crippen LogP contribution in [0.3, 0.4) is 0 Å². The van der Waals surface area contributed by atoms with Gasteiger partial charge in [-0.3, -0.25) is 14.8 Å². The van der Waals surface area contributed by atoms with E-state index >= 15 is 0 Å². The number of hydrogen-bond donors (Lipinski definition) is 1. The predicted molar refractivity (Wildman–Crippen MR) is 88.7 cm³/mol. The number of amides is 1. The van der Waals surface area contributed by atoms with E-state index < -0.39 is 5.91 Å². The topological polar surface area (TPSA) is 104 Å². The zero-order valence-corrected chi connectivity index (χ0v) is 14.2. The van der Waals surface area contributed by atoms with E-state index in [2.05, 4.69) is 20.6 Å². The molecule has 2 heterocycles. The fraction of sp³-hybridized carbons (Fsp3) is 0.250. The first kappa shape index (κ1) is 16.5. The number of nitrogens with one attached hydrogen (secondary N) is 1. The SMILES string of the molecule is COc1cc(OC)cc(C(=O)Nc2nnc(-c3cc(C)nn3C)o2)c1. The van der Waals surface area contributed by atoms with Gasteiger partial charge in [0.05, 0.1) is 19.9 Å². The molecule has 2 aromatic heterocycles. The molecule has 25 heavy (non-hydrogen) atoms. The lowest BCUT2D eigenvalue weighted by Gasteiger charge is -2.07. The Morgan fingerprint density at radius 3 is 2.36 bits per heavy atom. The Bertz CT molecular complexity index is 893. The maximum atomic E-state index is 12.4. The monoisotopic (exact) mass is 343 g/mol. The Labute approximate surface area is 143 Å². The Kier molecular flexibility index (Phi) is 4.38. The van der Waals surface area contributed by atoms with E-state index in [9.17, 15) is 4.79 Å². The number of carbonyl (C=O) groups is 1. The minimum atomic E-state index is -0.423. The maximum absolute atomic E-state index is 12.4. The third-order valence-corrected chi connectivity index (χ3v) is 3.48. The Morgan fingerprint density at radius 1 is 1.12 bits per heavy atom. The largest absolute Gasteiger partial charge is 0.497 e. The van der Waals surface area contributed by atoms with E-state index in [0.29, 0.717) is 22.8 Å². The second-order valence-corrected chi connectivity index (χ2v) is 5.26. The highest BCUT2D eigenvalue weighted by atomic mass is 16.5. The quantitative estimate of drug-likeness (QED) is 0.756. The van der Waals surface area contributed by atoms with Gasteiger partial charge in [0.2, 0.25) is 0 Å². The maximum Gasteiger partial charge on any atom is 0.322 e. The van der Waals surface area contributed by atoms with Gasteiger partial charge in [0, 0.05) is 18.7 Å². The molecule has 0 saturated carbocycles. The van der Waals surface area contributed by atoms with Crippen LogP contribution >= 0.6 is 0 Å². The molecule has 3 rings (SSSR count). The van der Waals surface area contributed by atoms with Crippen molar-refractivity contribution in [3.8, 4) is 23.1 Å². The third kappa shape index (κ3) is 3.44. The number of ether oxygens (including phenoxy) is 2. The van der Waals surface area contributed by atoms with Crippen LogP contribution in [0.2, 0.25) is 0 Å². The van der Waals surface area contributed by atoms with E-state index in [0.717, 1.165) is 5.69 Å². The van der Waals surface area contributed by atoms with Gasteiger partial charge in [0.15, 0.2) is 0 Å². The molecule has 130 valence electrons. The van der Waals surface area contributed by atoms with Crippen LogP contribution in [-0.2, 0) is 7.05 Å². The number of methoxy groups -OCH3 is 2. The molecule has 1 aromatic carbocycles. The molecule has 0 atom stereocenters. The molecule has 1 amide bonds. The van der Waals surface area contributed by atoms with Crippen LogP contribution in [0.25, 0.3) is 11.6 Å². The van der Waals surface area contributed by atoms with Gasteiger partial charge in [0.25, 0.3) is 11.8 Å². The van der Waals surface area contributed by atoms with Gasteiger partial charge in [-0.15, -0.1) is 5.10 Å². The molecule has 0 aliphatic rings. The molecule has 0 bridgehead atoms. The van der Waals surface area contributed by atoms with Gasteiger partial charge in [-0.05, 0) is 25.1 Å². The van der Waals surface area contributed by atoms with Gasteiger partial charge < -0.3 is 13.9 Å². The molecule has 3 aromatic rings. The number of hydrogen-bond acceptors (Lipinski definition) is 7. The highest BCUT2D eigenvalue weighted by Gasteiger charge is 2.16. The lowest BCUT2D eigenvalue weighted by atomic mass is 10.2. The summed E-state index contributed by atoms with van der Waals surface area (Å²) in [7, 11) is 4.79. The second kappa shape index (κ2) is 6.63. The predicted octanol–water partition coefficient (Wildman–Crippen LogP) is 2.05. The van der Waals surface area contributed by atoms with Gasteiger partial charge in [0.1, 0.15) is 17.2 Å². The van der Waals surface area contributed by atoms with E-state index in [4.69, 9.17) is 13.9 Å². The lowest BCUT2D eigenvalue weighted by molar-refractivity contribution is 0.102. The van der Waals surface area contributed by atoms with Crippen molar-refractivity contribution in [2.24, 2.45) is 7.05 Å². The molecule has 0 saturated heterocycles. The number of aromatic nitrogens is 4. The van der Waals surface area contributed by atoms with Crippen LogP contribution in [0, 0.1) is 6.92 Å². The molecule has 0 aliphatic carbocycles. The number of anilines is 1. The van der Waals surface area contributed by atoms with Crippen molar-refractivity contribution in [3.05, 3.63) is 35.5 Å². The molecular formula is C16H17N5O4. The summed E-state index contributed by atoms with van der Waals surface area (Å²) in [5, 5.41) is 14.5. The first-order valence-electron chi connectivity index (χ1n) is 7.39. The summed E-state index contributed by atoms with van der Waals surface area (Å²) in [5.41, 5.74) is 1.82. The smallest absolute Gasteiger partial charge is 0.322 e. The summed E-state index contributed by atoms with van der Waals surface area (Å²) >= 11 is 0. The summed E-state index contributed by atoms with van der Waals surface area (Å²) in [6.07, 6.45) is 0. The molecule has 1 N–H and O–H groups in total. The number of benzene rings is 1. The third-order valence-electron chi connectivity index (χ3n) is 3.48. The molecular weight excluding hydrogens is 326 g/mol. The van der Waals surface area contributed by atoms with Crippen molar-refractivity contribution in [1.29, 1.82) is 0 Å². The van der Waals surface area contributed by atoms with Crippen molar-refractivity contribution in [2.75, 3.05) is 19.5 Å². The summed E-state index contributed by atoms with van der Waals surface area (Å²) in [6, 6.07) is 6.64. The Balaban J connectivity index is 1.81. The minimum absolute atomic E-state index is 0.0133. The molecule has 0 unspecified atom stereocenters.